The maximum absolute atomic E-state index is 14.8. The van der Waals surface area contributed by atoms with Crippen molar-refractivity contribution in [1.82, 2.24) is 0 Å². The second-order valence-electron chi connectivity index (χ2n) is 8.29. The van der Waals surface area contributed by atoms with Gasteiger partial charge in [0.2, 0.25) is 0 Å². The summed E-state index contributed by atoms with van der Waals surface area (Å²) in [6.07, 6.45) is 1.34. The first-order valence-electron chi connectivity index (χ1n) is 10.6. The van der Waals surface area contributed by atoms with E-state index in [0.29, 0.717) is 29.7 Å². The molecule has 0 aliphatic heterocycles. The van der Waals surface area contributed by atoms with Crippen LogP contribution in [0.15, 0.2) is 72.8 Å². The van der Waals surface area contributed by atoms with Crippen LogP contribution in [0, 0.1) is 11.6 Å². The van der Waals surface area contributed by atoms with Gasteiger partial charge < -0.3 is 9.47 Å². The molecule has 3 aromatic carbocycles. The van der Waals surface area contributed by atoms with Gasteiger partial charge >= 0.3 is 11.9 Å². The molecule has 0 fully saturated rings. The molecule has 1 aliphatic carbocycles. The number of hydrogen-bond acceptors (Lipinski definition) is 4. The normalized spacial score (nSPS) is 11.8. The molecule has 4 rings (SSSR count). The molecule has 0 bridgehead atoms. The summed E-state index contributed by atoms with van der Waals surface area (Å²) in [4.78, 5) is 23.5. The fourth-order valence-corrected chi connectivity index (χ4v) is 3.86. The summed E-state index contributed by atoms with van der Waals surface area (Å²) in [5.74, 6) is -2.67. The van der Waals surface area contributed by atoms with Gasteiger partial charge in [0.15, 0.2) is 0 Å². The van der Waals surface area contributed by atoms with Gasteiger partial charge in [-0.25, -0.2) is 18.4 Å². The Kier molecular flexibility index (Phi) is 6.16. The van der Waals surface area contributed by atoms with Gasteiger partial charge in [0, 0.05) is 23.3 Å². The van der Waals surface area contributed by atoms with Crippen molar-refractivity contribution in [2.75, 3.05) is 0 Å². The van der Waals surface area contributed by atoms with Crippen LogP contribution in [-0.2, 0) is 22.4 Å². The van der Waals surface area contributed by atoms with E-state index in [-0.39, 0.29) is 16.9 Å². The van der Waals surface area contributed by atoms with Gasteiger partial charge in [0.05, 0.1) is 5.56 Å². The quantitative estimate of drug-likeness (QED) is 0.253. The van der Waals surface area contributed by atoms with E-state index in [2.05, 4.69) is 13.2 Å². The standard InChI is InChI=1S/C28H22F2O4/c1-15(2)27(31)33-20-8-10-23-18(12-20)6-5-17-11-19(7-9-22(17)23)26-24(29)13-21(14-25(26)30)34-28(32)16(3)4/h7-14H,1,3,5-6H2,2,4H3. The molecule has 0 aromatic heterocycles. The SMILES string of the molecule is C=C(C)C(=O)Oc1cc(F)c(-c2ccc3c(c2)CCc2cc(OC(=O)C(=C)C)ccc2-3)c(F)c1. The number of halogens is 2. The Balaban J connectivity index is 1.65. The van der Waals surface area contributed by atoms with Crippen molar-refractivity contribution in [2.24, 2.45) is 0 Å². The van der Waals surface area contributed by atoms with Crippen LogP contribution in [0.5, 0.6) is 11.5 Å². The third-order valence-corrected chi connectivity index (χ3v) is 5.56. The molecular weight excluding hydrogens is 438 g/mol. The maximum atomic E-state index is 14.8. The van der Waals surface area contributed by atoms with Crippen LogP contribution in [0.4, 0.5) is 8.78 Å². The number of hydrogen-bond donors (Lipinski definition) is 0. The molecule has 3 aromatic rings. The van der Waals surface area contributed by atoms with Gasteiger partial charge in [-0.05, 0) is 66.6 Å². The summed E-state index contributed by atoms with van der Waals surface area (Å²) in [6, 6.07) is 12.7. The van der Waals surface area contributed by atoms with Crippen LogP contribution in [0.1, 0.15) is 25.0 Å². The highest BCUT2D eigenvalue weighted by atomic mass is 19.1. The number of ether oxygens (including phenoxy) is 2. The number of rotatable bonds is 5. The van der Waals surface area contributed by atoms with E-state index in [9.17, 15) is 18.4 Å². The van der Waals surface area contributed by atoms with Crippen molar-refractivity contribution < 1.29 is 27.8 Å². The number of carbonyl (C=O) groups is 2. The molecule has 0 atom stereocenters. The highest BCUT2D eigenvalue weighted by molar-refractivity contribution is 5.89. The molecule has 0 saturated heterocycles. The van der Waals surface area contributed by atoms with Crippen LogP contribution in [0.2, 0.25) is 0 Å². The average molecular weight is 460 g/mol. The Morgan fingerprint density at radius 1 is 0.735 bits per heavy atom. The minimum absolute atomic E-state index is 0.126. The van der Waals surface area contributed by atoms with Crippen molar-refractivity contribution in [2.45, 2.75) is 26.7 Å². The molecule has 172 valence electrons. The molecule has 1 aliphatic rings. The molecule has 0 radical (unpaired) electrons. The zero-order valence-corrected chi connectivity index (χ0v) is 18.8. The lowest BCUT2D eigenvalue weighted by atomic mass is 9.84. The number of esters is 2. The van der Waals surface area contributed by atoms with E-state index < -0.39 is 23.6 Å². The fourth-order valence-electron chi connectivity index (χ4n) is 3.86. The summed E-state index contributed by atoms with van der Waals surface area (Å²) in [7, 11) is 0. The second kappa shape index (κ2) is 9.06. The lowest BCUT2D eigenvalue weighted by Gasteiger charge is -2.21. The Hall–Kier alpha value is -4.06. The van der Waals surface area contributed by atoms with Crippen LogP contribution in [0.3, 0.4) is 0 Å². The van der Waals surface area contributed by atoms with E-state index in [0.717, 1.165) is 34.4 Å². The van der Waals surface area contributed by atoms with Crippen LogP contribution < -0.4 is 9.47 Å². The Morgan fingerprint density at radius 2 is 1.24 bits per heavy atom. The zero-order chi connectivity index (χ0) is 24.6. The van der Waals surface area contributed by atoms with Crippen molar-refractivity contribution in [3.8, 4) is 33.8 Å². The molecule has 0 unspecified atom stereocenters. The number of aryl methyl sites for hydroxylation is 2. The zero-order valence-electron chi connectivity index (χ0n) is 18.8. The lowest BCUT2D eigenvalue weighted by molar-refractivity contribution is -0.130. The molecule has 0 amide bonds. The molecule has 4 nitrogen and oxygen atoms in total. The highest BCUT2D eigenvalue weighted by Gasteiger charge is 2.21. The van der Waals surface area contributed by atoms with Gasteiger partial charge in [0.25, 0.3) is 0 Å². The summed E-state index contributed by atoms with van der Waals surface area (Å²) in [6.45, 7) is 10.1. The van der Waals surface area contributed by atoms with Crippen molar-refractivity contribution >= 4 is 11.9 Å². The molecule has 34 heavy (non-hydrogen) atoms. The van der Waals surface area contributed by atoms with Crippen molar-refractivity contribution in [3.63, 3.8) is 0 Å². The van der Waals surface area contributed by atoms with E-state index in [1.807, 2.05) is 18.2 Å². The predicted octanol–water partition coefficient (Wildman–Crippen LogP) is 6.36. The number of fused-ring (bicyclic) bond motifs is 3. The molecular formula is C28H22F2O4. The first-order chi connectivity index (χ1) is 16.1. The minimum atomic E-state index is -0.829. The van der Waals surface area contributed by atoms with E-state index in [1.165, 1.54) is 6.92 Å². The largest absolute Gasteiger partial charge is 0.423 e. The minimum Gasteiger partial charge on any atom is -0.423 e. The van der Waals surface area contributed by atoms with Crippen LogP contribution >= 0.6 is 0 Å². The molecule has 0 spiro atoms. The van der Waals surface area contributed by atoms with Gasteiger partial charge in [-0.1, -0.05) is 37.4 Å². The maximum Gasteiger partial charge on any atom is 0.338 e. The Morgan fingerprint density at radius 3 is 1.79 bits per heavy atom. The molecule has 0 heterocycles. The summed E-state index contributed by atoms with van der Waals surface area (Å²) in [5, 5.41) is 0. The summed E-state index contributed by atoms with van der Waals surface area (Å²) in [5.41, 5.74) is 4.55. The number of carbonyl (C=O) groups excluding carboxylic acids is 2. The Bertz CT molecular complexity index is 1350. The van der Waals surface area contributed by atoms with E-state index in [1.54, 1.807) is 25.1 Å². The van der Waals surface area contributed by atoms with E-state index in [4.69, 9.17) is 9.47 Å². The summed E-state index contributed by atoms with van der Waals surface area (Å²) < 4.78 is 39.9. The molecule has 6 heteroatoms. The molecule has 0 saturated carbocycles. The first-order valence-corrected chi connectivity index (χ1v) is 10.6. The van der Waals surface area contributed by atoms with Gasteiger partial charge in [0.1, 0.15) is 23.1 Å². The first kappa shape index (κ1) is 23.1. The van der Waals surface area contributed by atoms with Gasteiger partial charge in [-0.2, -0.15) is 0 Å². The van der Waals surface area contributed by atoms with Crippen LogP contribution in [-0.4, -0.2) is 11.9 Å². The van der Waals surface area contributed by atoms with Crippen molar-refractivity contribution in [3.05, 3.63) is 95.6 Å². The molecule has 0 N–H and O–H groups in total. The van der Waals surface area contributed by atoms with Gasteiger partial charge in [-0.3, -0.25) is 0 Å². The third-order valence-electron chi connectivity index (χ3n) is 5.56. The lowest BCUT2D eigenvalue weighted by Crippen LogP contribution is -2.10. The topological polar surface area (TPSA) is 52.6 Å². The third kappa shape index (κ3) is 4.53. The highest BCUT2D eigenvalue weighted by Crippen LogP contribution is 2.39. The van der Waals surface area contributed by atoms with Crippen molar-refractivity contribution in [1.29, 1.82) is 0 Å². The smallest absolute Gasteiger partial charge is 0.338 e. The predicted molar refractivity (Wildman–Crippen MR) is 126 cm³/mol. The summed E-state index contributed by atoms with van der Waals surface area (Å²) >= 11 is 0. The van der Waals surface area contributed by atoms with E-state index >= 15 is 0 Å². The average Bonchev–Trinajstić information content (AvgIpc) is 2.78. The fraction of sp³-hybridized carbons (Fsp3) is 0.143. The second-order valence-corrected chi connectivity index (χ2v) is 8.29. The number of benzene rings is 3. The van der Waals surface area contributed by atoms with Crippen LogP contribution in [0.25, 0.3) is 22.3 Å². The van der Waals surface area contributed by atoms with Gasteiger partial charge in [-0.15, -0.1) is 0 Å². The Labute approximate surface area is 196 Å². The monoisotopic (exact) mass is 460 g/mol.